The van der Waals surface area contributed by atoms with Gasteiger partial charge in [0.1, 0.15) is 5.82 Å². The molecule has 4 rings (SSSR count). The van der Waals surface area contributed by atoms with E-state index in [1.165, 1.54) is 0 Å². The second-order valence-electron chi connectivity index (χ2n) is 6.89. The maximum absolute atomic E-state index is 4.74. The highest BCUT2D eigenvalue weighted by Gasteiger charge is 2.15. The molecule has 0 saturated heterocycles. The molecule has 0 aliphatic heterocycles. The van der Waals surface area contributed by atoms with Gasteiger partial charge in [-0.2, -0.15) is 9.61 Å². The largest absolute Gasteiger partial charge is 0.365 e. The van der Waals surface area contributed by atoms with Crippen LogP contribution in [-0.2, 0) is 0 Å². The van der Waals surface area contributed by atoms with Crippen LogP contribution in [0.1, 0.15) is 30.5 Å². The Bertz CT molecular complexity index is 1100. The zero-order valence-corrected chi connectivity index (χ0v) is 16.4. The average molecular weight is 379 g/mol. The summed E-state index contributed by atoms with van der Waals surface area (Å²) in [6, 6.07) is 12.2. The molecule has 0 radical (unpaired) electrons. The van der Waals surface area contributed by atoms with E-state index in [-0.39, 0.29) is 5.54 Å². The Morgan fingerprint density at radius 2 is 1.92 bits per heavy atom. The smallest absolute Gasteiger partial charge is 0.158 e. The van der Waals surface area contributed by atoms with Crippen molar-refractivity contribution in [3.05, 3.63) is 57.7 Å². The Morgan fingerprint density at radius 3 is 2.69 bits per heavy atom. The van der Waals surface area contributed by atoms with Gasteiger partial charge in [-0.05, 0) is 56.2 Å². The summed E-state index contributed by atoms with van der Waals surface area (Å²) < 4.78 is 1.83. The highest BCUT2D eigenvalue weighted by molar-refractivity contribution is 7.16. The molecule has 0 atom stereocenters. The summed E-state index contributed by atoms with van der Waals surface area (Å²) in [6.07, 6.45) is 1.77. The predicted molar refractivity (Wildman–Crippen MR) is 110 cm³/mol. The summed E-state index contributed by atoms with van der Waals surface area (Å²) in [5.41, 5.74) is 1.69. The van der Waals surface area contributed by atoms with Crippen molar-refractivity contribution in [1.82, 2.24) is 14.6 Å². The first-order valence-corrected chi connectivity index (χ1v) is 9.96. The molecule has 4 heterocycles. The molecule has 4 aromatic heterocycles. The van der Waals surface area contributed by atoms with Crippen molar-refractivity contribution in [1.29, 1.82) is 0 Å². The number of hydrogen-bond donors (Lipinski definition) is 1. The lowest BCUT2D eigenvalue weighted by atomic mass is 10.1. The van der Waals surface area contributed by atoms with Gasteiger partial charge in [0.15, 0.2) is 5.65 Å². The summed E-state index contributed by atoms with van der Waals surface area (Å²) in [5, 5.41) is 9.92. The summed E-state index contributed by atoms with van der Waals surface area (Å²) >= 11 is 3.31. The van der Waals surface area contributed by atoms with Gasteiger partial charge in [-0.15, -0.1) is 22.7 Å². The first-order valence-electron chi connectivity index (χ1n) is 8.27. The monoisotopic (exact) mass is 378 g/mol. The van der Waals surface area contributed by atoms with Gasteiger partial charge in [0.2, 0.25) is 0 Å². The van der Waals surface area contributed by atoms with Crippen LogP contribution in [0.4, 0.5) is 5.82 Å². The minimum Gasteiger partial charge on any atom is -0.365 e. The average Bonchev–Trinajstić information content (AvgIpc) is 3.32. The number of hydrogen-bond acceptors (Lipinski definition) is 5. The minimum absolute atomic E-state index is 0.0652. The first-order chi connectivity index (χ1) is 12.5. The van der Waals surface area contributed by atoms with Crippen LogP contribution in [0.5, 0.6) is 0 Å². The summed E-state index contributed by atoms with van der Waals surface area (Å²) in [7, 11) is 0. The van der Waals surface area contributed by atoms with E-state index in [1.807, 2.05) is 34.2 Å². The topological polar surface area (TPSA) is 42.2 Å². The van der Waals surface area contributed by atoms with Gasteiger partial charge in [-0.3, -0.25) is 0 Å². The van der Waals surface area contributed by atoms with Crippen molar-refractivity contribution < 1.29 is 0 Å². The van der Waals surface area contributed by atoms with Gasteiger partial charge in [0.25, 0.3) is 0 Å². The molecule has 1 N–H and O–H groups in total. The van der Waals surface area contributed by atoms with Gasteiger partial charge in [0, 0.05) is 17.7 Å². The van der Waals surface area contributed by atoms with Crippen molar-refractivity contribution in [2.45, 2.75) is 26.3 Å². The highest BCUT2D eigenvalue weighted by atomic mass is 32.1. The number of rotatable bonds is 2. The lowest BCUT2D eigenvalue weighted by Crippen LogP contribution is -2.27. The summed E-state index contributed by atoms with van der Waals surface area (Å²) in [5.74, 6) is 7.38. The predicted octanol–water partition coefficient (Wildman–Crippen LogP) is 5.13. The Kier molecular flexibility index (Phi) is 4.27. The number of anilines is 1. The first kappa shape index (κ1) is 16.8. The lowest BCUT2D eigenvalue weighted by molar-refractivity contribution is 0.625. The molecule has 130 valence electrons. The molecule has 0 aliphatic rings. The second-order valence-corrected chi connectivity index (χ2v) is 8.93. The van der Waals surface area contributed by atoms with Crippen molar-refractivity contribution >= 4 is 34.1 Å². The van der Waals surface area contributed by atoms with E-state index in [2.05, 4.69) is 55.2 Å². The molecule has 4 nitrogen and oxygen atoms in total. The normalized spacial score (nSPS) is 11.3. The van der Waals surface area contributed by atoms with Gasteiger partial charge in [-0.1, -0.05) is 6.07 Å². The van der Waals surface area contributed by atoms with Crippen LogP contribution in [0.15, 0.2) is 48.0 Å². The molecule has 6 heteroatoms. The molecule has 4 aromatic rings. The third kappa shape index (κ3) is 3.64. The maximum Gasteiger partial charge on any atom is 0.158 e. The number of aromatic nitrogens is 3. The van der Waals surface area contributed by atoms with Crippen LogP contribution in [0.25, 0.3) is 16.2 Å². The van der Waals surface area contributed by atoms with Crippen LogP contribution >= 0.6 is 22.7 Å². The van der Waals surface area contributed by atoms with E-state index in [0.717, 1.165) is 31.8 Å². The Labute approximate surface area is 160 Å². The van der Waals surface area contributed by atoms with Crippen LogP contribution in [-0.4, -0.2) is 20.1 Å². The Hall–Kier alpha value is -2.62. The SMILES string of the molecule is CC(C)(C)Nc1cc(-c2ccc(C#Cc3cccs3)s2)nc2ccnn12. The van der Waals surface area contributed by atoms with E-state index in [9.17, 15) is 0 Å². The fourth-order valence-corrected chi connectivity index (χ4v) is 3.92. The lowest BCUT2D eigenvalue weighted by Gasteiger charge is -2.22. The fourth-order valence-electron chi connectivity index (χ4n) is 2.53. The zero-order valence-electron chi connectivity index (χ0n) is 14.8. The zero-order chi connectivity index (χ0) is 18.1. The highest BCUT2D eigenvalue weighted by Crippen LogP contribution is 2.29. The van der Waals surface area contributed by atoms with Crippen molar-refractivity contribution in [3.63, 3.8) is 0 Å². The van der Waals surface area contributed by atoms with Crippen LogP contribution < -0.4 is 5.32 Å². The van der Waals surface area contributed by atoms with Crippen molar-refractivity contribution in [3.8, 4) is 22.4 Å². The van der Waals surface area contributed by atoms with Crippen molar-refractivity contribution in [2.75, 3.05) is 5.32 Å². The number of nitrogens with zero attached hydrogens (tertiary/aromatic N) is 3. The second kappa shape index (κ2) is 6.60. The van der Waals surface area contributed by atoms with Crippen molar-refractivity contribution in [2.24, 2.45) is 0 Å². The van der Waals surface area contributed by atoms with E-state index >= 15 is 0 Å². The summed E-state index contributed by atoms with van der Waals surface area (Å²) in [4.78, 5) is 7.96. The van der Waals surface area contributed by atoms with Crippen LogP contribution in [0, 0.1) is 11.8 Å². The maximum atomic E-state index is 4.74. The van der Waals surface area contributed by atoms with E-state index < -0.39 is 0 Å². The number of nitrogens with one attached hydrogen (secondary N) is 1. The van der Waals surface area contributed by atoms with Crippen LogP contribution in [0.2, 0.25) is 0 Å². The molecule has 0 bridgehead atoms. The van der Waals surface area contributed by atoms with Gasteiger partial charge < -0.3 is 5.32 Å². The molecule has 0 unspecified atom stereocenters. The Balaban J connectivity index is 1.71. The standard InChI is InChI=1S/C20H18N4S2/c1-20(2,3)23-19-13-16(22-18-10-11-21-24(18)19)17-9-8-15(26-17)7-6-14-5-4-12-25-14/h4-5,8-13,23H,1-3H3. The van der Waals surface area contributed by atoms with Crippen LogP contribution in [0.3, 0.4) is 0 Å². The molecule has 26 heavy (non-hydrogen) atoms. The molecular formula is C20H18N4S2. The Morgan fingerprint density at radius 1 is 1.08 bits per heavy atom. The number of fused-ring (bicyclic) bond motifs is 1. The van der Waals surface area contributed by atoms with Gasteiger partial charge >= 0.3 is 0 Å². The van der Waals surface area contributed by atoms with E-state index in [4.69, 9.17) is 4.98 Å². The molecule has 0 spiro atoms. The summed E-state index contributed by atoms with van der Waals surface area (Å²) in [6.45, 7) is 6.39. The third-order valence-electron chi connectivity index (χ3n) is 3.55. The minimum atomic E-state index is -0.0652. The van der Waals surface area contributed by atoms with E-state index in [0.29, 0.717) is 0 Å². The van der Waals surface area contributed by atoms with E-state index in [1.54, 1.807) is 28.9 Å². The molecular weight excluding hydrogens is 360 g/mol. The molecule has 0 aliphatic carbocycles. The molecule has 0 fully saturated rings. The molecule has 0 aromatic carbocycles. The quantitative estimate of drug-likeness (QED) is 0.492. The van der Waals surface area contributed by atoms with Gasteiger partial charge in [0.05, 0.1) is 26.5 Å². The number of thiophene rings is 2. The fraction of sp³-hybridized carbons (Fsp3) is 0.200. The third-order valence-corrected chi connectivity index (χ3v) is 5.36. The molecule has 0 saturated carbocycles. The van der Waals surface area contributed by atoms with Gasteiger partial charge in [-0.25, -0.2) is 4.98 Å². The molecule has 0 amide bonds.